The lowest BCUT2D eigenvalue weighted by Crippen LogP contribution is -2.34. The van der Waals surface area contributed by atoms with E-state index in [0.29, 0.717) is 35.2 Å². The van der Waals surface area contributed by atoms with Gasteiger partial charge in [0.2, 0.25) is 0 Å². The Morgan fingerprint density at radius 3 is 2.29 bits per heavy atom. The zero-order valence-corrected chi connectivity index (χ0v) is 18.8. The second-order valence-electron chi connectivity index (χ2n) is 8.33. The van der Waals surface area contributed by atoms with Gasteiger partial charge in [0.05, 0.1) is 24.5 Å². The van der Waals surface area contributed by atoms with Crippen LogP contribution in [-0.4, -0.2) is 48.6 Å². The highest BCUT2D eigenvalue weighted by Gasteiger charge is 2.42. The maximum absolute atomic E-state index is 13.5. The molecule has 1 aliphatic rings. The highest BCUT2D eigenvalue weighted by Crippen LogP contribution is 2.36. The van der Waals surface area contributed by atoms with Crippen molar-refractivity contribution in [3.8, 4) is 5.75 Å². The second-order valence-corrected chi connectivity index (χ2v) is 8.33. The quantitative estimate of drug-likeness (QED) is 0.659. The summed E-state index contributed by atoms with van der Waals surface area (Å²) in [6.45, 7) is 8.78. The molecule has 0 radical (unpaired) electrons. The molecule has 2 amide bonds. The van der Waals surface area contributed by atoms with Crippen LogP contribution in [0.3, 0.4) is 0 Å². The number of aliphatic hydroxyl groups is 1. The minimum atomic E-state index is -0.397. The Morgan fingerprint density at radius 1 is 1.03 bits per heavy atom. The Bertz CT molecular complexity index is 1010. The molecule has 0 fully saturated rings. The highest BCUT2D eigenvalue weighted by molar-refractivity contribution is 6.45. The predicted molar refractivity (Wildman–Crippen MR) is 122 cm³/mol. The summed E-state index contributed by atoms with van der Waals surface area (Å²) < 4.78 is 5.71. The Hall–Kier alpha value is -3.12. The minimum Gasteiger partial charge on any atom is -0.493 e. The van der Waals surface area contributed by atoms with Crippen molar-refractivity contribution in [1.82, 2.24) is 4.90 Å². The molecule has 0 saturated heterocycles. The van der Waals surface area contributed by atoms with Crippen LogP contribution >= 0.6 is 0 Å². The topological polar surface area (TPSA) is 70.1 Å². The zero-order valence-electron chi connectivity index (χ0n) is 18.8. The van der Waals surface area contributed by atoms with Crippen molar-refractivity contribution < 1.29 is 19.4 Å². The highest BCUT2D eigenvalue weighted by atomic mass is 16.5. The molecule has 31 heavy (non-hydrogen) atoms. The number of aliphatic hydroxyl groups excluding tert-OH is 1. The van der Waals surface area contributed by atoms with E-state index in [-0.39, 0.29) is 19.1 Å². The van der Waals surface area contributed by atoms with E-state index in [1.165, 1.54) is 4.90 Å². The molecule has 2 aromatic carbocycles. The summed E-state index contributed by atoms with van der Waals surface area (Å²) in [6.07, 6.45) is 0. The summed E-state index contributed by atoms with van der Waals surface area (Å²) in [4.78, 5) is 29.7. The van der Waals surface area contributed by atoms with E-state index >= 15 is 0 Å². The van der Waals surface area contributed by atoms with E-state index in [1.807, 2.05) is 32.0 Å². The van der Waals surface area contributed by atoms with Crippen LogP contribution in [0.5, 0.6) is 5.75 Å². The Labute approximate surface area is 183 Å². The monoisotopic (exact) mass is 422 g/mol. The van der Waals surface area contributed by atoms with Gasteiger partial charge in [-0.25, -0.2) is 4.90 Å². The molecule has 3 rings (SSSR count). The Kier molecular flexibility index (Phi) is 6.81. The van der Waals surface area contributed by atoms with Crippen LogP contribution in [0, 0.1) is 19.8 Å². The molecule has 0 saturated carbocycles. The number of carbonyl (C=O) groups is 2. The average Bonchev–Trinajstić information content (AvgIpc) is 2.97. The van der Waals surface area contributed by atoms with Gasteiger partial charge in [0.15, 0.2) is 0 Å². The van der Waals surface area contributed by atoms with Crippen LogP contribution in [0.25, 0.3) is 5.57 Å². The second kappa shape index (κ2) is 9.35. The van der Waals surface area contributed by atoms with E-state index in [4.69, 9.17) is 4.74 Å². The van der Waals surface area contributed by atoms with Crippen LogP contribution in [0.1, 0.15) is 30.5 Å². The van der Waals surface area contributed by atoms with Gasteiger partial charge in [-0.1, -0.05) is 37.6 Å². The molecule has 6 heteroatoms. The summed E-state index contributed by atoms with van der Waals surface area (Å²) in [7, 11) is 1.71. The number of rotatable bonds is 8. The largest absolute Gasteiger partial charge is 0.493 e. The van der Waals surface area contributed by atoms with E-state index in [2.05, 4.69) is 13.8 Å². The number of hydrogen-bond acceptors (Lipinski definition) is 5. The predicted octanol–water partition coefficient (Wildman–Crippen LogP) is 3.55. The number of carbonyl (C=O) groups excluding carboxylic acids is 2. The molecule has 0 aromatic heterocycles. The maximum atomic E-state index is 13.5. The van der Waals surface area contributed by atoms with Crippen molar-refractivity contribution in [2.75, 3.05) is 31.7 Å². The molecule has 1 N–H and O–H groups in total. The number of nitrogens with zero attached hydrogens (tertiary/aromatic N) is 2. The van der Waals surface area contributed by atoms with E-state index in [0.717, 1.165) is 16.7 Å². The van der Waals surface area contributed by atoms with Crippen molar-refractivity contribution in [3.05, 3.63) is 64.9 Å². The van der Waals surface area contributed by atoms with Crippen LogP contribution in [-0.2, 0) is 9.59 Å². The van der Waals surface area contributed by atoms with Crippen LogP contribution in [0.15, 0.2) is 48.2 Å². The summed E-state index contributed by atoms with van der Waals surface area (Å²) in [5.41, 5.74) is 3.87. The van der Waals surface area contributed by atoms with Gasteiger partial charge < -0.3 is 14.7 Å². The molecule has 0 aliphatic carbocycles. The smallest absolute Gasteiger partial charge is 0.282 e. The molecule has 6 nitrogen and oxygen atoms in total. The molecule has 1 aliphatic heterocycles. The van der Waals surface area contributed by atoms with Gasteiger partial charge in [-0.05, 0) is 55.2 Å². The first kappa shape index (κ1) is 22.6. The lowest BCUT2D eigenvalue weighted by atomic mass is 9.97. The van der Waals surface area contributed by atoms with Gasteiger partial charge in [0.25, 0.3) is 11.8 Å². The third-order valence-electron chi connectivity index (χ3n) is 5.21. The summed E-state index contributed by atoms with van der Waals surface area (Å²) >= 11 is 0. The Balaban J connectivity index is 2.01. The molecular weight excluding hydrogens is 392 g/mol. The molecule has 2 aromatic rings. The number of ether oxygens (including phenoxy) is 1. The minimum absolute atomic E-state index is 0.122. The van der Waals surface area contributed by atoms with Crippen molar-refractivity contribution in [3.63, 3.8) is 0 Å². The summed E-state index contributed by atoms with van der Waals surface area (Å²) in [5, 5.41) is 9.41. The number of likely N-dealkylation sites (N-methyl/N-ethyl adjacent to an activating group) is 1. The van der Waals surface area contributed by atoms with Gasteiger partial charge in [-0.2, -0.15) is 0 Å². The fourth-order valence-electron chi connectivity index (χ4n) is 3.66. The Morgan fingerprint density at radius 2 is 1.71 bits per heavy atom. The molecule has 0 bridgehead atoms. The first-order chi connectivity index (χ1) is 14.7. The molecule has 0 atom stereocenters. The zero-order chi connectivity index (χ0) is 22.7. The van der Waals surface area contributed by atoms with Crippen molar-refractivity contribution in [2.24, 2.45) is 5.92 Å². The first-order valence-corrected chi connectivity index (χ1v) is 10.5. The normalized spacial score (nSPS) is 14.1. The lowest BCUT2D eigenvalue weighted by molar-refractivity contribution is -0.120. The maximum Gasteiger partial charge on any atom is 0.282 e. The molecule has 0 unspecified atom stereocenters. The summed E-state index contributed by atoms with van der Waals surface area (Å²) in [5.74, 6) is 0.326. The molecule has 1 heterocycles. The third kappa shape index (κ3) is 4.64. The first-order valence-electron chi connectivity index (χ1n) is 10.5. The average molecular weight is 423 g/mol. The fourth-order valence-corrected chi connectivity index (χ4v) is 3.66. The van der Waals surface area contributed by atoms with Gasteiger partial charge in [0, 0.05) is 13.6 Å². The number of anilines is 1. The number of imide groups is 1. The van der Waals surface area contributed by atoms with Crippen molar-refractivity contribution in [1.29, 1.82) is 0 Å². The summed E-state index contributed by atoms with van der Waals surface area (Å²) in [6, 6.07) is 12.8. The van der Waals surface area contributed by atoms with Gasteiger partial charge in [-0.15, -0.1) is 0 Å². The number of benzene rings is 2. The van der Waals surface area contributed by atoms with E-state index in [9.17, 15) is 14.7 Å². The van der Waals surface area contributed by atoms with Crippen molar-refractivity contribution in [2.45, 2.75) is 27.7 Å². The third-order valence-corrected chi connectivity index (χ3v) is 5.21. The number of aryl methyl sites for hydroxylation is 2. The van der Waals surface area contributed by atoms with Gasteiger partial charge in [-0.3, -0.25) is 9.59 Å². The number of hydrogen-bond donors (Lipinski definition) is 1. The molecular formula is C25H30N2O4. The lowest BCUT2D eigenvalue weighted by Gasteiger charge is -2.20. The fraction of sp³-hybridized carbons (Fsp3) is 0.360. The molecule has 0 spiro atoms. The standard InChI is InChI=1S/C25H30N2O4/c1-16(2)15-31-20-9-7-19(8-10-20)27-24(29)22(21-11-6-17(3)14-18(21)4)23(25(27)30)26(5)12-13-28/h6-11,14,16,28H,12-13,15H2,1-5H3. The van der Waals surface area contributed by atoms with E-state index < -0.39 is 5.91 Å². The van der Waals surface area contributed by atoms with Crippen LogP contribution in [0.2, 0.25) is 0 Å². The van der Waals surface area contributed by atoms with Crippen LogP contribution < -0.4 is 9.64 Å². The van der Waals surface area contributed by atoms with Gasteiger partial charge >= 0.3 is 0 Å². The van der Waals surface area contributed by atoms with Crippen LogP contribution in [0.4, 0.5) is 5.69 Å². The van der Waals surface area contributed by atoms with Crippen molar-refractivity contribution >= 4 is 23.1 Å². The van der Waals surface area contributed by atoms with Gasteiger partial charge in [0.1, 0.15) is 11.4 Å². The SMILES string of the molecule is Cc1ccc(C2=C(N(C)CCO)C(=O)N(c3ccc(OCC(C)C)cc3)C2=O)c(C)c1. The number of amides is 2. The van der Waals surface area contributed by atoms with E-state index in [1.54, 1.807) is 36.2 Å². The molecule has 164 valence electrons.